The fraction of sp³-hybridized carbons (Fsp3) is 0.500. The van der Waals surface area contributed by atoms with Crippen molar-refractivity contribution in [3.63, 3.8) is 0 Å². The molecule has 14 heavy (non-hydrogen) atoms. The zero-order chi connectivity index (χ0) is 10.8. The summed E-state index contributed by atoms with van der Waals surface area (Å²) >= 11 is 0. The molecule has 0 saturated carbocycles. The number of hydrogen-bond donors (Lipinski definition) is 1. The first-order valence-electron chi connectivity index (χ1n) is 4.26. The van der Waals surface area contributed by atoms with Crippen LogP contribution in [0.2, 0.25) is 0 Å². The maximum Gasteiger partial charge on any atom is 0.335 e. The molecule has 0 aliphatic heterocycles. The molecule has 4 heteroatoms. The lowest BCUT2D eigenvalue weighted by molar-refractivity contribution is -0.132. The van der Waals surface area contributed by atoms with Gasteiger partial charge in [-0.15, -0.1) is 0 Å². The average molecular weight is 198 g/mol. The van der Waals surface area contributed by atoms with Gasteiger partial charge in [0.15, 0.2) is 0 Å². The van der Waals surface area contributed by atoms with Gasteiger partial charge in [-0.3, -0.25) is 0 Å². The Morgan fingerprint density at radius 3 is 2.64 bits per heavy atom. The van der Waals surface area contributed by atoms with Crippen molar-refractivity contribution >= 4 is 5.97 Å². The third-order valence-corrected chi connectivity index (χ3v) is 2.28. The Kier molecular flexibility index (Phi) is 2.96. The standard InChI is InChI=1S/C10H14O4/c1-10(14-3)5-7(9(11)12)4-8(6-10)13-2/h4-5H,6H2,1-3H3,(H,11,12). The van der Waals surface area contributed by atoms with Crippen molar-refractivity contribution in [1.82, 2.24) is 0 Å². The van der Waals surface area contributed by atoms with Gasteiger partial charge in [0, 0.05) is 13.5 Å². The molecular formula is C10H14O4. The van der Waals surface area contributed by atoms with E-state index in [-0.39, 0.29) is 5.57 Å². The number of ether oxygens (including phenoxy) is 2. The molecule has 0 fully saturated rings. The lowest BCUT2D eigenvalue weighted by Crippen LogP contribution is -2.29. The minimum atomic E-state index is -0.970. The van der Waals surface area contributed by atoms with E-state index >= 15 is 0 Å². The van der Waals surface area contributed by atoms with Crippen LogP contribution >= 0.6 is 0 Å². The van der Waals surface area contributed by atoms with E-state index in [1.54, 1.807) is 13.2 Å². The van der Waals surface area contributed by atoms with E-state index in [0.717, 1.165) is 0 Å². The van der Waals surface area contributed by atoms with Crippen molar-refractivity contribution in [2.24, 2.45) is 0 Å². The summed E-state index contributed by atoms with van der Waals surface area (Å²) in [4.78, 5) is 10.8. The molecule has 78 valence electrons. The van der Waals surface area contributed by atoms with Gasteiger partial charge in [-0.25, -0.2) is 4.79 Å². The molecule has 1 unspecified atom stereocenters. The SMILES string of the molecule is COC1=CC(C(=O)O)=CC(C)(OC)C1. The molecule has 4 nitrogen and oxygen atoms in total. The molecular weight excluding hydrogens is 184 g/mol. The van der Waals surface area contributed by atoms with Gasteiger partial charge in [0.1, 0.15) is 0 Å². The summed E-state index contributed by atoms with van der Waals surface area (Å²) in [6.07, 6.45) is 3.66. The number of hydrogen-bond acceptors (Lipinski definition) is 3. The first-order valence-corrected chi connectivity index (χ1v) is 4.26. The van der Waals surface area contributed by atoms with Crippen LogP contribution in [0.3, 0.4) is 0 Å². The highest BCUT2D eigenvalue weighted by Gasteiger charge is 2.29. The quantitative estimate of drug-likeness (QED) is 0.743. The monoisotopic (exact) mass is 198 g/mol. The van der Waals surface area contributed by atoms with Crippen LogP contribution in [0, 0.1) is 0 Å². The number of methoxy groups -OCH3 is 2. The second-order valence-electron chi connectivity index (χ2n) is 3.41. The molecule has 1 atom stereocenters. The van der Waals surface area contributed by atoms with Crippen molar-refractivity contribution in [3.05, 3.63) is 23.5 Å². The van der Waals surface area contributed by atoms with Gasteiger partial charge in [0.2, 0.25) is 0 Å². The van der Waals surface area contributed by atoms with E-state index in [4.69, 9.17) is 14.6 Å². The third-order valence-electron chi connectivity index (χ3n) is 2.28. The predicted octanol–water partition coefficient (Wildman–Crippen LogP) is 1.34. The number of aliphatic carboxylic acids is 1. The Hall–Kier alpha value is -1.29. The zero-order valence-electron chi connectivity index (χ0n) is 8.53. The highest BCUT2D eigenvalue weighted by atomic mass is 16.5. The van der Waals surface area contributed by atoms with E-state index in [2.05, 4.69) is 0 Å². The number of carboxylic acid groups (broad SMARTS) is 1. The van der Waals surface area contributed by atoms with Gasteiger partial charge in [0.05, 0.1) is 24.0 Å². The fourth-order valence-electron chi connectivity index (χ4n) is 1.38. The maximum atomic E-state index is 10.8. The molecule has 1 rings (SSSR count). The molecule has 0 amide bonds. The second-order valence-corrected chi connectivity index (χ2v) is 3.41. The normalized spacial score (nSPS) is 26.5. The summed E-state index contributed by atoms with van der Waals surface area (Å²) in [5.74, 6) is -0.350. The van der Waals surface area contributed by atoms with E-state index in [0.29, 0.717) is 12.2 Å². The molecule has 0 aromatic rings. The molecule has 0 radical (unpaired) electrons. The first kappa shape index (κ1) is 10.8. The van der Waals surface area contributed by atoms with E-state index in [9.17, 15) is 4.79 Å². The Morgan fingerprint density at radius 1 is 1.57 bits per heavy atom. The van der Waals surface area contributed by atoms with Crippen LogP contribution in [-0.4, -0.2) is 30.9 Å². The van der Waals surface area contributed by atoms with Crippen LogP contribution < -0.4 is 0 Å². The Bertz CT molecular complexity index is 303. The van der Waals surface area contributed by atoms with Crippen molar-refractivity contribution < 1.29 is 19.4 Å². The van der Waals surface area contributed by atoms with Crippen LogP contribution in [0.25, 0.3) is 0 Å². The van der Waals surface area contributed by atoms with E-state index < -0.39 is 11.6 Å². The number of carboxylic acids is 1. The van der Waals surface area contributed by atoms with Crippen LogP contribution in [-0.2, 0) is 14.3 Å². The highest BCUT2D eigenvalue weighted by Crippen LogP contribution is 2.29. The minimum absolute atomic E-state index is 0.206. The molecule has 1 aliphatic carbocycles. The topological polar surface area (TPSA) is 55.8 Å². The van der Waals surface area contributed by atoms with Crippen molar-refractivity contribution in [2.75, 3.05) is 14.2 Å². The molecule has 0 aromatic carbocycles. The Morgan fingerprint density at radius 2 is 2.21 bits per heavy atom. The maximum absolute atomic E-state index is 10.8. The third kappa shape index (κ3) is 2.14. The van der Waals surface area contributed by atoms with Crippen LogP contribution in [0.1, 0.15) is 13.3 Å². The van der Waals surface area contributed by atoms with Crippen molar-refractivity contribution in [3.8, 4) is 0 Å². The Balaban J connectivity index is 3.02. The number of carbonyl (C=O) groups is 1. The molecule has 0 spiro atoms. The average Bonchev–Trinajstić information content (AvgIpc) is 2.17. The molecule has 0 saturated heterocycles. The van der Waals surface area contributed by atoms with E-state index in [1.165, 1.54) is 13.2 Å². The van der Waals surface area contributed by atoms with Crippen molar-refractivity contribution in [2.45, 2.75) is 18.9 Å². The van der Waals surface area contributed by atoms with Gasteiger partial charge < -0.3 is 14.6 Å². The van der Waals surface area contributed by atoms with Crippen molar-refractivity contribution in [1.29, 1.82) is 0 Å². The van der Waals surface area contributed by atoms with Crippen LogP contribution in [0.15, 0.2) is 23.5 Å². The fourth-order valence-corrected chi connectivity index (χ4v) is 1.38. The van der Waals surface area contributed by atoms with Gasteiger partial charge in [-0.2, -0.15) is 0 Å². The molecule has 0 bridgehead atoms. The summed E-state index contributed by atoms with van der Waals surface area (Å²) in [6.45, 7) is 1.82. The Labute approximate surface area is 82.8 Å². The molecule has 0 heterocycles. The minimum Gasteiger partial charge on any atom is -0.501 e. The summed E-state index contributed by atoms with van der Waals surface area (Å²) in [7, 11) is 3.07. The number of rotatable bonds is 3. The lowest BCUT2D eigenvalue weighted by atomic mass is 9.92. The molecule has 1 N–H and O–H groups in total. The summed E-state index contributed by atoms with van der Waals surface area (Å²) < 4.78 is 10.3. The summed E-state index contributed by atoms with van der Waals surface area (Å²) in [5, 5.41) is 8.86. The van der Waals surface area contributed by atoms with Crippen LogP contribution in [0.4, 0.5) is 0 Å². The zero-order valence-corrected chi connectivity index (χ0v) is 8.53. The lowest BCUT2D eigenvalue weighted by Gasteiger charge is -2.28. The van der Waals surface area contributed by atoms with Gasteiger partial charge >= 0.3 is 5.97 Å². The second kappa shape index (κ2) is 3.84. The predicted molar refractivity (Wildman–Crippen MR) is 50.8 cm³/mol. The van der Waals surface area contributed by atoms with E-state index in [1.807, 2.05) is 6.92 Å². The van der Waals surface area contributed by atoms with Gasteiger partial charge in [-0.05, 0) is 19.1 Å². The van der Waals surface area contributed by atoms with Gasteiger partial charge in [-0.1, -0.05) is 0 Å². The first-order chi connectivity index (χ1) is 6.50. The molecule has 1 aliphatic rings. The van der Waals surface area contributed by atoms with Crippen LogP contribution in [0.5, 0.6) is 0 Å². The van der Waals surface area contributed by atoms with Gasteiger partial charge in [0.25, 0.3) is 0 Å². The molecule has 0 aromatic heterocycles. The summed E-state index contributed by atoms with van der Waals surface area (Å²) in [6, 6.07) is 0. The highest BCUT2D eigenvalue weighted by molar-refractivity contribution is 5.90. The smallest absolute Gasteiger partial charge is 0.335 e. The summed E-state index contributed by atoms with van der Waals surface area (Å²) in [5.41, 5.74) is -0.383. The largest absolute Gasteiger partial charge is 0.501 e.